The molecule has 1 aromatic heterocycles. The van der Waals surface area contributed by atoms with Gasteiger partial charge in [0.1, 0.15) is 0 Å². The zero-order valence-corrected chi connectivity index (χ0v) is 16.3. The van der Waals surface area contributed by atoms with Crippen LogP contribution in [0.4, 0.5) is 10.8 Å². The highest BCUT2D eigenvalue weighted by Crippen LogP contribution is 2.27. The molecule has 29 heavy (non-hydrogen) atoms. The fourth-order valence-electron chi connectivity index (χ4n) is 2.22. The van der Waals surface area contributed by atoms with Gasteiger partial charge in [-0.05, 0) is 17.7 Å². The number of aromatic nitrogens is 1. The Hall–Kier alpha value is -3.72. The molecule has 3 rings (SSSR count). The monoisotopic (exact) mass is 413 g/mol. The van der Waals surface area contributed by atoms with Crippen molar-refractivity contribution >= 4 is 40.0 Å². The smallest absolute Gasteiger partial charge is 0.414 e. The van der Waals surface area contributed by atoms with Crippen molar-refractivity contribution in [3.05, 3.63) is 65.5 Å². The van der Waals surface area contributed by atoms with Crippen LogP contribution < -0.4 is 10.6 Å². The second-order valence-corrected chi connectivity index (χ2v) is 6.61. The number of carbonyl (C=O) groups excluding carboxylic acids is 1. The number of thiazole rings is 1. The lowest BCUT2D eigenvalue weighted by Crippen LogP contribution is -2.09. The number of hydrogen-bond donors (Lipinski definition) is 4. The third kappa shape index (κ3) is 7.43. The molecule has 150 valence electrons. The van der Waals surface area contributed by atoms with E-state index in [0.29, 0.717) is 0 Å². The van der Waals surface area contributed by atoms with Gasteiger partial charge in [-0.25, -0.2) is 14.6 Å². The van der Waals surface area contributed by atoms with Crippen LogP contribution in [0.25, 0.3) is 11.3 Å². The minimum atomic E-state index is -1.82. The average Bonchev–Trinajstić information content (AvgIpc) is 3.16. The lowest BCUT2D eigenvalue weighted by Gasteiger charge is -2.04. The highest BCUT2D eigenvalue weighted by molar-refractivity contribution is 7.14. The molecule has 0 bridgehead atoms. The maximum absolute atomic E-state index is 11.2. The molecule has 2 aromatic carbocycles. The Bertz CT molecular complexity index is 977. The zero-order chi connectivity index (χ0) is 21.2. The number of nitrogens with zero attached hydrogens (tertiary/aromatic N) is 1. The molecular weight excluding hydrogens is 394 g/mol. The molecule has 0 aliphatic heterocycles. The Labute approximate surface area is 170 Å². The number of benzene rings is 2. The number of amides is 1. The molecule has 0 atom stereocenters. The highest BCUT2D eigenvalue weighted by Gasteiger charge is 2.06. The summed E-state index contributed by atoms with van der Waals surface area (Å²) in [5.74, 6) is -3.73. The van der Waals surface area contributed by atoms with Crippen molar-refractivity contribution in [1.82, 2.24) is 4.98 Å². The van der Waals surface area contributed by atoms with Gasteiger partial charge in [-0.3, -0.25) is 4.79 Å². The van der Waals surface area contributed by atoms with Crippen LogP contribution >= 0.6 is 11.3 Å². The summed E-state index contributed by atoms with van der Waals surface area (Å²) in [6, 6.07) is 17.9. The molecule has 8 nitrogen and oxygen atoms in total. The molecule has 0 saturated carbocycles. The molecule has 3 aromatic rings. The molecule has 0 aliphatic carbocycles. The summed E-state index contributed by atoms with van der Waals surface area (Å²) in [6.45, 7) is 2.25. The summed E-state index contributed by atoms with van der Waals surface area (Å²) in [7, 11) is 0. The van der Waals surface area contributed by atoms with Crippen LogP contribution in [0.5, 0.6) is 0 Å². The minimum absolute atomic E-state index is 0.0781. The van der Waals surface area contributed by atoms with Gasteiger partial charge in [0.2, 0.25) is 5.91 Å². The number of carboxylic acids is 2. The zero-order valence-electron chi connectivity index (χ0n) is 15.5. The summed E-state index contributed by atoms with van der Waals surface area (Å²) in [5, 5.41) is 23.8. The van der Waals surface area contributed by atoms with Crippen molar-refractivity contribution in [1.29, 1.82) is 0 Å². The number of nitrogens with one attached hydrogen (secondary N) is 2. The van der Waals surface area contributed by atoms with E-state index in [1.54, 1.807) is 11.3 Å². The number of carboxylic acid groups (broad SMARTS) is 2. The largest absolute Gasteiger partial charge is 0.473 e. The molecule has 9 heteroatoms. The second kappa shape index (κ2) is 10.6. The van der Waals surface area contributed by atoms with Crippen molar-refractivity contribution in [2.24, 2.45) is 0 Å². The van der Waals surface area contributed by atoms with E-state index in [0.717, 1.165) is 28.6 Å². The Morgan fingerprint density at radius 3 is 2.31 bits per heavy atom. The summed E-state index contributed by atoms with van der Waals surface area (Å²) in [6.07, 6.45) is 0. The average molecular weight is 413 g/mol. The number of aliphatic carboxylic acids is 2. The van der Waals surface area contributed by atoms with Crippen LogP contribution in [0.3, 0.4) is 0 Å². The van der Waals surface area contributed by atoms with Crippen LogP contribution in [0.1, 0.15) is 12.5 Å². The quantitative estimate of drug-likeness (QED) is 0.471. The predicted octanol–water partition coefficient (Wildman–Crippen LogP) is 3.54. The van der Waals surface area contributed by atoms with Gasteiger partial charge in [-0.2, -0.15) is 0 Å². The van der Waals surface area contributed by atoms with E-state index in [-0.39, 0.29) is 5.91 Å². The van der Waals surface area contributed by atoms with Gasteiger partial charge in [0.25, 0.3) is 0 Å². The van der Waals surface area contributed by atoms with Crippen LogP contribution in [-0.4, -0.2) is 33.0 Å². The molecule has 0 fully saturated rings. The van der Waals surface area contributed by atoms with E-state index in [1.807, 2.05) is 47.8 Å². The molecule has 0 aliphatic rings. The van der Waals surface area contributed by atoms with Gasteiger partial charge in [-0.1, -0.05) is 42.5 Å². The van der Waals surface area contributed by atoms with E-state index in [1.165, 1.54) is 12.5 Å². The maximum Gasteiger partial charge on any atom is 0.414 e. The predicted molar refractivity (Wildman–Crippen MR) is 111 cm³/mol. The normalized spacial score (nSPS) is 9.69. The Balaban J connectivity index is 0.000000438. The Kier molecular flexibility index (Phi) is 7.87. The van der Waals surface area contributed by atoms with Gasteiger partial charge in [0, 0.05) is 30.1 Å². The van der Waals surface area contributed by atoms with Gasteiger partial charge < -0.3 is 20.8 Å². The highest BCUT2D eigenvalue weighted by atomic mass is 32.1. The van der Waals surface area contributed by atoms with Crippen LogP contribution in [0.2, 0.25) is 0 Å². The Morgan fingerprint density at radius 2 is 1.69 bits per heavy atom. The lowest BCUT2D eigenvalue weighted by atomic mass is 10.1. The van der Waals surface area contributed by atoms with E-state index < -0.39 is 11.9 Å². The first-order valence-corrected chi connectivity index (χ1v) is 9.30. The van der Waals surface area contributed by atoms with E-state index in [2.05, 4.69) is 27.8 Å². The molecular formula is C20H19N3O5S. The molecule has 4 N–H and O–H groups in total. The van der Waals surface area contributed by atoms with Crippen molar-refractivity contribution < 1.29 is 24.6 Å². The number of hydrogen-bond acceptors (Lipinski definition) is 6. The van der Waals surface area contributed by atoms with Crippen molar-refractivity contribution in [2.75, 3.05) is 10.6 Å². The van der Waals surface area contributed by atoms with Gasteiger partial charge in [0.15, 0.2) is 5.13 Å². The van der Waals surface area contributed by atoms with Crippen molar-refractivity contribution in [3.8, 4) is 11.3 Å². The minimum Gasteiger partial charge on any atom is -0.473 e. The summed E-state index contributed by atoms with van der Waals surface area (Å²) in [4.78, 5) is 34.0. The first kappa shape index (κ1) is 21.6. The molecule has 0 spiro atoms. The van der Waals surface area contributed by atoms with Crippen molar-refractivity contribution in [2.45, 2.75) is 13.5 Å². The van der Waals surface area contributed by atoms with E-state index >= 15 is 0 Å². The van der Waals surface area contributed by atoms with Gasteiger partial charge in [0.05, 0.1) is 5.69 Å². The summed E-state index contributed by atoms with van der Waals surface area (Å²) >= 11 is 1.57. The topological polar surface area (TPSA) is 129 Å². The molecule has 1 heterocycles. The van der Waals surface area contributed by atoms with E-state index in [9.17, 15) is 4.79 Å². The fourth-order valence-corrected chi connectivity index (χ4v) is 2.94. The van der Waals surface area contributed by atoms with E-state index in [4.69, 9.17) is 19.8 Å². The summed E-state index contributed by atoms with van der Waals surface area (Å²) in [5.41, 5.74) is 3.89. The van der Waals surface area contributed by atoms with Crippen LogP contribution in [0, 0.1) is 0 Å². The van der Waals surface area contributed by atoms with Gasteiger partial charge in [-0.15, -0.1) is 11.3 Å². The molecule has 0 radical (unpaired) electrons. The van der Waals surface area contributed by atoms with Crippen molar-refractivity contribution in [3.63, 3.8) is 0 Å². The number of rotatable bonds is 5. The standard InChI is InChI=1S/C18H17N3OS.C2H2O4/c1-13(22)20-16-9-5-8-15(10-16)17-12-23-18(21-17)19-11-14-6-3-2-4-7-14;3-1(4)2(5)6/h2-10,12H,11H2,1H3,(H,19,21)(H,20,22);(H,3,4)(H,5,6). The molecule has 1 amide bonds. The SMILES string of the molecule is CC(=O)Nc1cccc(-c2csc(NCc3ccccc3)n2)c1.O=C(O)C(=O)O. The van der Waals surface area contributed by atoms with Gasteiger partial charge >= 0.3 is 11.9 Å². The number of carbonyl (C=O) groups is 3. The van der Waals surface area contributed by atoms with Crippen LogP contribution in [0.15, 0.2) is 60.0 Å². The lowest BCUT2D eigenvalue weighted by molar-refractivity contribution is -0.159. The van der Waals surface area contributed by atoms with Crippen LogP contribution in [-0.2, 0) is 20.9 Å². The summed E-state index contributed by atoms with van der Waals surface area (Å²) < 4.78 is 0. The Morgan fingerprint density at radius 1 is 1.00 bits per heavy atom. The third-order valence-corrected chi connectivity index (χ3v) is 4.25. The first-order chi connectivity index (χ1) is 13.8. The first-order valence-electron chi connectivity index (χ1n) is 8.42. The third-order valence-electron chi connectivity index (χ3n) is 3.45. The number of anilines is 2. The molecule has 0 saturated heterocycles. The molecule has 0 unspecified atom stereocenters. The fraction of sp³-hybridized carbons (Fsp3) is 0.100. The second-order valence-electron chi connectivity index (χ2n) is 5.75. The maximum atomic E-state index is 11.2.